The van der Waals surface area contributed by atoms with Crippen LogP contribution in [0.2, 0.25) is 0 Å². The van der Waals surface area contributed by atoms with E-state index in [0.717, 1.165) is 27.7 Å². The molecule has 1 aromatic carbocycles. The van der Waals surface area contributed by atoms with Gasteiger partial charge in [-0.3, -0.25) is 4.72 Å². The largest absolute Gasteiger partial charge is 0.354 e. The summed E-state index contributed by atoms with van der Waals surface area (Å²) in [7, 11) is -0.618. The minimum atomic E-state index is -3.54. The highest BCUT2D eigenvalue weighted by Crippen LogP contribution is 2.25. The number of nitrogens with zero attached hydrogens (tertiary/aromatic N) is 2. The normalized spacial score (nSPS) is 11.5. The van der Waals surface area contributed by atoms with Crippen LogP contribution < -0.4 is 10.0 Å². The smallest absolute Gasteiger partial charge is 0.302 e. The van der Waals surface area contributed by atoms with Gasteiger partial charge in [0.15, 0.2) is 0 Å². The zero-order valence-electron chi connectivity index (χ0n) is 13.8. The molecular formula is C16H22N4O2S. The Balaban J connectivity index is 2.18. The van der Waals surface area contributed by atoms with Crippen molar-refractivity contribution in [3.8, 4) is 0 Å². The van der Waals surface area contributed by atoms with E-state index in [1.165, 1.54) is 19.7 Å². The number of benzene rings is 1. The monoisotopic (exact) mass is 334 g/mol. The van der Waals surface area contributed by atoms with Gasteiger partial charge in [-0.05, 0) is 36.6 Å². The molecule has 2 aromatic rings. The molecule has 0 amide bonds. The summed E-state index contributed by atoms with van der Waals surface area (Å²) in [5.74, 6) is 0.282. The van der Waals surface area contributed by atoms with E-state index in [9.17, 15) is 8.42 Å². The fourth-order valence-corrected chi connectivity index (χ4v) is 2.67. The summed E-state index contributed by atoms with van der Waals surface area (Å²) >= 11 is 0. The summed E-state index contributed by atoms with van der Waals surface area (Å²) in [6.45, 7) is 4.16. The molecule has 0 fully saturated rings. The molecular weight excluding hydrogens is 312 g/mol. The van der Waals surface area contributed by atoms with Crippen LogP contribution in [0.3, 0.4) is 0 Å². The average molecular weight is 334 g/mol. The maximum Gasteiger partial charge on any atom is 0.302 e. The number of pyridine rings is 1. The van der Waals surface area contributed by atoms with Gasteiger partial charge in [-0.15, -0.1) is 0 Å². The Bertz CT molecular complexity index is 771. The maximum atomic E-state index is 11.8. The lowest BCUT2D eigenvalue weighted by atomic mass is 10.1. The van der Waals surface area contributed by atoms with Crippen LogP contribution in [0.25, 0.3) is 0 Å². The van der Waals surface area contributed by atoms with E-state index in [0.29, 0.717) is 0 Å². The van der Waals surface area contributed by atoms with Gasteiger partial charge in [0.2, 0.25) is 0 Å². The van der Waals surface area contributed by atoms with Crippen molar-refractivity contribution < 1.29 is 8.42 Å². The van der Waals surface area contributed by atoms with Gasteiger partial charge in [0.05, 0.1) is 11.9 Å². The van der Waals surface area contributed by atoms with Crippen LogP contribution in [0.5, 0.6) is 0 Å². The Kier molecular flexibility index (Phi) is 5.23. The summed E-state index contributed by atoms with van der Waals surface area (Å²) in [5.41, 5.74) is 4.25. The van der Waals surface area contributed by atoms with Crippen LogP contribution in [0.1, 0.15) is 18.1 Å². The van der Waals surface area contributed by atoms with Gasteiger partial charge in [-0.25, -0.2) is 4.98 Å². The first-order chi connectivity index (χ1) is 10.8. The molecule has 0 saturated carbocycles. The van der Waals surface area contributed by atoms with Crippen molar-refractivity contribution in [2.75, 3.05) is 24.1 Å². The van der Waals surface area contributed by atoms with Gasteiger partial charge in [-0.1, -0.05) is 25.1 Å². The first-order valence-electron chi connectivity index (χ1n) is 7.35. The van der Waals surface area contributed by atoms with E-state index in [1.54, 1.807) is 18.3 Å². The molecule has 0 aliphatic rings. The molecule has 0 atom stereocenters. The van der Waals surface area contributed by atoms with Crippen molar-refractivity contribution in [2.45, 2.75) is 20.3 Å². The van der Waals surface area contributed by atoms with Crippen molar-refractivity contribution in [3.63, 3.8) is 0 Å². The Morgan fingerprint density at radius 2 is 1.91 bits per heavy atom. The van der Waals surface area contributed by atoms with E-state index in [2.05, 4.69) is 41.0 Å². The second-order valence-electron chi connectivity index (χ2n) is 5.41. The predicted octanol–water partition coefficient (Wildman–Crippen LogP) is 2.91. The van der Waals surface area contributed by atoms with E-state index in [4.69, 9.17) is 0 Å². The summed E-state index contributed by atoms with van der Waals surface area (Å²) < 4.78 is 27.0. The Morgan fingerprint density at radius 1 is 1.17 bits per heavy atom. The van der Waals surface area contributed by atoms with E-state index < -0.39 is 10.2 Å². The quantitative estimate of drug-likeness (QED) is 0.852. The highest BCUT2D eigenvalue weighted by Gasteiger charge is 2.13. The van der Waals surface area contributed by atoms with Gasteiger partial charge in [0.25, 0.3) is 0 Å². The number of para-hydroxylation sites is 1. The molecule has 7 heteroatoms. The zero-order chi connectivity index (χ0) is 17.0. The molecule has 0 spiro atoms. The molecule has 0 unspecified atom stereocenters. The predicted molar refractivity (Wildman–Crippen MR) is 94.3 cm³/mol. The third-order valence-electron chi connectivity index (χ3n) is 3.49. The van der Waals surface area contributed by atoms with Crippen LogP contribution >= 0.6 is 0 Å². The molecule has 0 aliphatic carbocycles. The molecule has 0 bridgehead atoms. The van der Waals surface area contributed by atoms with Crippen LogP contribution in [-0.4, -0.2) is 31.8 Å². The zero-order valence-corrected chi connectivity index (χ0v) is 14.6. The molecule has 0 saturated heterocycles. The molecule has 1 aromatic heterocycles. The van der Waals surface area contributed by atoms with E-state index >= 15 is 0 Å². The summed E-state index contributed by atoms with van der Waals surface area (Å²) in [6.07, 6.45) is 2.54. The molecule has 124 valence electrons. The first kappa shape index (κ1) is 17.2. The molecule has 0 radical (unpaired) electrons. The van der Waals surface area contributed by atoms with Crippen LogP contribution in [-0.2, 0) is 16.6 Å². The Morgan fingerprint density at radius 3 is 2.48 bits per heavy atom. The van der Waals surface area contributed by atoms with Crippen molar-refractivity contribution in [1.29, 1.82) is 0 Å². The number of hydrogen-bond donors (Lipinski definition) is 2. The molecule has 23 heavy (non-hydrogen) atoms. The number of rotatable bonds is 6. The second-order valence-corrected chi connectivity index (χ2v) is 7.29. The number of aryl methyl sites for hydroxylation is 2. The number of nitrogens with one attached hydrogen (secondary N) is 2. The average Bonchev–Trinajstić information content (AvgIpc) is 2.50. The fraction of sp³-hybridized carbons (Fsp3) is 0.312. The number of hydrogen-bond acceptors (Lipinski definition) is 4. The minimum Gasteiger partial charge on any atom is -0.354 e. The van der Waals surface area contributed by atoms with Gasteiger partial charge in [-0.2, -0.15) is 12.7 Å². The van der Waals surface area contributed by atoms with Gasteiger partial charge < -0.3 is 5.32 Å². The molecule has 1 heterocycles. The Labute approximate surface area is 137 Å². The van der Waals surface area contributed by atoms with Gasteiger partial charge in [0.1, 0.15) is 5.82 Å². The minimum absolute atomic E-state index is 0.282. The lowest BCUT2D eigenvalue weighted by Crippen LogP contribution is -2.29. The van der Waals surface area contributed by atoms with Gasteiger partial charge >= 0.3 is 10.2 Å². The summed E-state index contributed by atoms with van der Waals surface area (Å²) in [6, 6.07) is 9.60. The lowest BCUT2D eigenvalue weighted by Gasteiger charge is -2.15. The lowest BCUT2D eigenvalue weighted by molar-refractivity contribution is 0.526. The summed E-state index contributed by atoms with van der Waals surface area (Å²) in [4.78, 5) is 4.15. The highest BCUT2D eigenvalue weighted by molar-refractivity contribution is 7.90. The molecule has 0 aliphatic heterocycles. The highest BCUT2D eigenvalue weighted by atomic mass is 32.2. The van der Waals surface area contributed by atoms with E-state index in [1.807, 2.05) is 6.07 Å². The summed E-state index contributed by atoms with van der Waals surface area (Å²) in [5, 5.41) is 3.35. The SMILES string of the molecule is CCc1cccc(C)c1Nc1ccc(NS(=O)(=O)N(C)C)nc1. The third kappa shape index (κ3) is 4.20. The maximum absolute atomic E-state index is 11.8. The molecule has 2 N–H and O–H groups in total. The van der Waals surface area contributed by atoms with Crippen molar-refractivity contribution in [2.24, 2.45) is 0 Å². The topological polar surface area (TPSA) is 74.3 Å². The van der Waals surface area contributed by atoms with Crippen molar-refractivity contribution >= 4 is 27.4 Å². The van der Waals surface area contributed by atoms with Crippen LogP contribution in [0.4, 0.5) is 17.2 Å². The van der Waals surface area contributed by atoms with Crippen LogP contribution in [0, 0.1) is 6.92 Å². The van der Waals surface area contributed by atoms with Crippen LogP contribution in [0.15, 0.2) is 36.5 Å². The van der Waals surface area contributed by atoms with Gasteiger partial charge in [0, 0.05) is 19.8 Å². The molecule has 6 nitrogen and oxygen atoms in total. The number of anilines is 3. The molecule has 2 rings (SSSR count). The standard InChI is InChI=1S/C16H22N4O2S/c1-5-13-8-6-7-12(2)16(13)18-14-9-10-15(17-11-14)19-23(21,22)20(3)4/h6-11,18H,5H2,1-4H3,(H,17,19). The number of aromatic nitrogens is 1. The van der Waals surface area contributed by atoms with Crippen molar-refractivity contribution in [3.05, 3.63) is 47.7 Å². The third-order valence-corrected chi connectivity index (χ3v) is 4.92. The second kappa shape index (κ2) is 6.97. The van der Waals surface area contributed by atoms with Crippen molar-refractivity contribution in [1.82, 2.24) is 9.29 Å². The fourth-order valence-electron chi connectivity index (χ4n) is 2.10. The first-order valence-corrected chi connectivity index (χ1v) is 8.79. The Hall–Kier alpha value is -2.12. The van der Waals surface area contributed by atoms with E-state index in [-0.39, 0.29) is 5.82 Å².